The number of carbonyl (C=O) groups is 2. The predicted octanol–water partition coefficient (Wildman–Crippen LogP) is 4.18. The second kappa shape index (κ2) is 16.7. The van der Waals surface area contributed by atoms with Gasteiger partial charge in [0.1, 0.15) is 6.10 Å². The Labute approximate surface area is 152 Å². The molecule has 0 unspecified atom stereocenters. The van der Waals surface area contributed by atoms with Crippen molar-refractivity contribution in [1.82, 2.24) is 0 Å². The van der Waals surface area contributed by atoms with E-state index in [-0.39, 0.29) is 18.0 Å². The Morgan fingerprint density at radius 3 is 2.48 bits per heavy atom. The maximum Gasteiger partial charge on any atom is 0.305 e. The first-order valence-electron chi connectivity index (χ1n) is 8.99. The molecule has 0 aromatic heterocycles. The van der Waals surface area contributed by atoms with Crippen LogP contribution in [-0.2, 0) is 19.1 Å². The van der Waals surface area contributed by atoms with Crippen LogP contribution in [-0.4, -0.2) is 25.2 Å². The number of unbranched alkanes of at least 4 members (excludes halogenated alkanes) is 5. The van der Waals surface area contributed by atoms with Gasteiger partial charge < -0.3 is 9.47 Å². The molecular formula is C21H30O4. The fraction of sp³-hybridized carbons (Fsp3) is 0.619. The number of carbonyl (C=O) groups excluding carboxylic acids is 2. The van der Waals surface area contributed by atoms with Gasteiger partial charge in [0.05, 0.1) is 7.11 Å². The van der Waals surface area contributed by atoms with Crippen LogP contribution < -0.4 is 0 Å². The Balaban J connectivity index is 4.05. The Bertz CT molecular complexity index is 526. The number of ether oxygens (including phenoxy) is 2. The van der Waals surface area contributed by atoms with Crippen molar-refractivity contribution in [1.29, 1.82) is 0 Å². The molecule has 0 saturated heterocycles. The summed E-state index contributed by atoms with van der Waals surface area (Å²) in [4.78, 5) is 22.2. The van der Waals surface area contributed by atoms with Gasteiger partial charge >= 0.3 is 11.9 Å². The fourth-order valence-electron chi connectivity index (χ4n) is 2.12. The lowest BCUT2D eigenvalue weighted by Gasteiger charge is -2.12. The molecule has 0 amide bonds. The minimum atomic E-state index is -0.288. The summed E-state index contributed by atoms with van der Waals surface area (Å²) in [7, 11) is 1.41. The van der Waals surface area contributed by atoms with E-state index in [1.807, 2.05) is 6.08 Å². The van der Waals surface area contributed by atoms with E-state index in [4.69, 9.17) is 4.74 Å². The molecule has 0 bridgehead atoms. The zero-order valence-electron chi connectivity index (χ0n) is 15.7. The van der Waals surface area contributed by atoms with E-state index in [0.717, 1.165) is 51.4 Å². The van der Waals surface area contributed by atoms with Gasteiger partial charge in [-0.3, -0.25) is 9.59 Å². The molecule has 1 atom stereocenters. The molecule has 0 radical (unpaired) electrons. The van der Waals surface area contributed by atoms with Crippen LogP contribution in [0.15, 0.2) is 12.2 Å². The van der Waals surface area contributed by atoms with Crippen LogP contribution in [0, 0.1) is 23.7 Å². The smallest absolute Gasteiger partial charge is 0.305 e. The lowest BCUT2D eigenvalue weighted by atomic mass is 10.1. The molecule has 4 nitrogen and oxygen atoms in total. The summed E-state index contributed by atoms with van der Waals surface area (Å²) in [6, 6.07) is 0. The van der Waals surface area contributed by atoms with Crippen LogP contribution in [0.25, 0.3) is 0 Å². The fourth-order valence-corrected chi connectivity index (χ4v) is 2.12. The Morgan fingerprint density at radius 2 is 1.80 bits per heavy atom. The molecular weight excluding hydrogens is 316 g/mol. The van der Waals surface area contributed by atoms with Crippen molar-refractivity contribution in [2.75, 3.05) is 7.11 Å². The normalized spacial score (nSPS) is 11.0. The third-order valence-electron chi connectivity index (χ3n) is 3.41. The first-order valence-corrected chi connectivity index (χ1v) is 8.99. The van der Waals surface area contributed by atoms with E-state index in [2.05, 4.69) is 35.3 Å². The highest BCUT2D eigenvalue weighted by Crippen LogP contribution is 2.12. The van der Waals surface area contributed by atoms with Crippen LogP contribution in [0.4, 0.5) is 0 Å². The molecule has 25 heavy (non-hydrogen) atoms. The van der Waals surface area contributed by atoms with Crippen LogP contribution in [0.1, 0.15) is 71.6 Å². The van der Waals surface area contributed by atoms with Crippen molar-refractivity contribution in [3.05, 3.63) is 12.2 Å². The van der Waals surface area contributed by atoms with Crippen molar-refractivity contribution in [2.24, 2.45) is 0 Å². The lowest BCUT2D eigenvalue weighted by molar-refractivity contribution is -0.144. The zero-order valence-corrected chi connectivity index (χ0v) is 15.7. The first kappa shape index (κ1) is 22.8. The second-order valence-corrected chi connectivity index (χ2v) is 5.71. The largest absolute Gasteiger partial charge is 0.469 e. The highest BCUT2D eigenvalue weighted by Gasteiger charge is 2.07. The number of rotatable bonds is 11. The molecule has 0 aliphatic rings. The molecule has 0 aromatic rings. The maximum atomic E-state index is 11.2. The summed E-state index contributed by atoms with van der Waals surface area (Å²) >= 11 is 0. The summed E-state index contributed by atoms with van der Waals surface area (Å²) in [5.41, 5.74) is 0. The molecule has 4 heteroatoms. The van der Waals surface area contributed by atoms with E-state index in [1.165, 1.54) is 14.0 Å². The summed E-state index contributed by atoms with van der Waals surface area (Å²) in [6.07, 6.45) is 11.3. The number of hydrogen-bond acceptors (Lipinski definition) is 4. The molecule has 0 rings (SSSR count). The van der Waals surface area contributed by atoms with Gasteiger partial charge in [-0.15, -0.1) is 0 Å². The van der Waals surface area contributed by atoms with E-state index in [0.29, 0.717) is 6.42 Å². The molecule has 0 N–H and O–H groups in total. The Morgan fingerprint density at radius 1 is 1.08 bits per heavy atom. The standard InChI is InChI=1S/C21H30O4/c1-4-5-6-7-8-10-13-16-20(25-19(2)22)17-14-11-9-12-15-18-21(23)24-3/h13,16,20H,4-5,9,11-12,14-15,17-18H2,1-3H3/b16-13+/t20-/m1/s1. The van der Waals surface area contributed by atoms with Gasteiger partial charge in [0.25, 0.3) is 0 Å². The lowest BCUT2D eigenvalue weighted by Crippen LogP contribution is -2.13. The van der Waals surface area contributed by atoms with Crippen molar-refractivity contribution in [3.8, 4) is 23.7 Å². The van der Waals surface area contributed by atoms with Gasteiger partial charge in [-0.25, -0.2) is 0 Å². The molecule has 0 fully saturated rings. The Kier molecular flexibility index (Phi) is 15.2. The topological polar surface area (TPSA) is 52.6 Å². The average Bonchev–Trinajstić information content (AvgIpc) is 2.59. The van der Waals surface area contributed by atoms with Crippen LogP contribution in [0.2, 0.25) is 0 Å². The average molecular weight is 346 g/mol. The van der Waals surface area contributed by atoms with Crippen LogP contribution in [0.5, 0.6) is 0 Å². The minimum Gasteiger partial charge on any atom is -0.469 e. The summed E-state index contributed by atoms with van der Waals surface area (Å²) in [5.74, 6) is 10.9. The summed E-state index contributed by atoms with van der Waals surface area (Å²) in [5, 5.41) is 0. The predicted molar refractivity (Wildman–Crippen MR) is 99.5 cm³/mol. The van der Waals surface area contributed by atoms with Crippen molar-refractivity contribution < 1.29 is 19.1 Å². The van der Waals surface area contributed by atoms with Crippen LogP contribution in [0.3, 0.4) is 0 Å². The van der Waals surface area contributed by atoms with Crippen LogP contribution >= 0.6 is 0 Å². The molecule has 0 spiro atoms. The molecule has 0 heterocycles. The highest BCUT2D eigenvalue weighted by atomic mass is 16.5. The van der Waals surface area contributed by atoms with Gasteiger partial charge in [-0.2, -0.15) is 0 Å². The summed E-state index contributed by atoms with van der Waals surface area (Å²) < 4.78 is 9.88. The quantitative estimate of drug-likeness (QED) is 0.320. The number of allylic oxidation sites excluding steroid dienone is 1. The number of esters is 2. The zero-order chi connectivity index (χ0) is 18.8. The molecule has 0 aliphatic heterocycles. The van der Waals surface area contributed by atoms with Gasteiger partial charge in [0, 0.05) is 19.8 Å². The third-order valence-corrected chi connectivity index (χ3v) is 3.41. The maximum absolute atomic E-state index is 11.2. The van der Waals surface area contributed by atoms with Gasteiger partial charge in [-0.05, 0) is 49.7 Å². The van der Waals surface area contributed by atoms with Crippen molar-refractivity contribution in [3.63, 3.8) is 0 Å². The van der Waals surface area contributed by atoms with Gasteiger partial charge in [-0.1, -0.05) is 38.0 Å². The third kappa shape index (κ3) is 16.4. The van der Waals surface area contributed by atoms with E-state index in [1.54, 1.807) is 6.08 Å². The summed E-state index contributed by atoms with van der Waals surface area (Å²) in [6.45, 7) is 3.49. The minimum absolute atomic E-state index is 0.152. The number of hydrogen-bond donors (Lipinski definition) is 0. The van der Waals surface area contributed by atoms with Gasteiger partial charge in [0.15, 0.2) is 0 Å². The first-order chi connectivity index (χ1) is 12.1. The van der Waals surface area contributed by atoms with E-state index in [9.17, 15) is 9.59 Å². The molecule has 138 valence electrons. The molecule has 0 aliphatic carbocycles. The Hall–Kier alpha value is -2.20. The second-order valence-electron chi connectivity index (χ2n) is 5.71. The number of methoxy groups -OCH3 is 1. The van der Waals surface area contributed by atoms with E-state index >= 15 is 0 Å². The monoisotopic (exact) mass is 346 g/mol. The van der Waals surface area contributed by atoms with Crippen molar-refractivity contribution in [2.45, 2.75) is 77.7 Å². The van der Waals surface area contributed by atoms with Crippen molar-refractivity contribution >= 4 is 11.9 Å². The SMILES string of the molecule is CCCC#CC#C/C=C/[C@H](CCCCCCCC(=O)OC)OC(C)=O. The molecule has 0 saturated carbocycles. The van der Waals surface area contributed by atoms with E-state index < -0.39 is 0 Å². The highest BCUT2D eigenvalue weighted by molar-refractivity contribution is 5.69. The van der Waals surface area contributed by atoms with Gasteiger partial charge in [0.2, 0.25) is 0 Å². The molecule has 0 aromatic carbocycles.